The Labute approximate surface area is 212 Å². The highest BCUT2D eigenvalue weighted by molar-refractivity contribution is 5.95. The number of aromatic nitrogens is 2. The normalized spacial score (nSPS) is 11.3. The van der Waals surface area contributed by atoms with Crippen LogP contribution in [0.3, 0.4) is 0 Å². The Balaban J connectivity index is 1.57. The topological polar surface area (TPSA) is 104 Å². The van der Waals surface area contributed by atoms with E-state index in [-0.39, 0.29) is 17.6 Å². The van der Waals surface area contributed by atoms with Gasteiger partial charge in [0, 0.05) is 36.1 Å². The number of fused-ring (bicyclic) bond motifs is 1. The van der Waals surface area contributed by atoms with Gasteiger partial charge in [-0.3, -0.25) is 9.59 Å². The highest BCUT2D eigenvalue weighted by atomic mass is 16.6. The number of aromatic amines is 1. The zero-order valence-electron chi connectivity index (χ0n) is 21.6. The molecule has 1 aromatic heterocycles. The first-order valence-corrected chi connectivity index (χ1v) is 12.5. The molecule has 0 aliphatic carbocycles. The third kappa shape index (κ3) is 7.66. The summed E-state index contributed by atoms with van der Waals surface area (Å²) in [6.07, 6.45) is 3.31. The van der Waals surface area contributed by atoms with Crippen LogP contribution in [0.1, 0.15) is 59.8 Å². The van der Waals surface area contributed by atoms with Gasteiger partial charge in [-0.15, -0.1) is 0 Å². The number of anilines is 1. The summed E-state index contributed by atoms with van der Waals surface area (Å²) >= 11 is 0. The third-order valence-corrected chi connectivity index (χ3v) is 5.63. The van der Waals surface area contributed by atoms with E-state index in [0.29, 0.717) is 49.1 Å². The van der Waals surface area contributed by atoms with Gasteiger partial charge in [-0.1, -0.05) is 43.7 Å². The number of unbranched alkanes of at least 4 members (excludes halogenated alkanes) is 2. The fraction of sp³-hybridized carbons (Fsp3) is 0.429. The molecule has 36 heavy (non-hydrogen) atoms. The maximum Gasteiger partial charge on any atom is 0.410 e. The molecular weight excluding hydrogens is 456 g/mol. The van der Waals surface area contributed by atoms with Gasteiger partial charge in [-0.05, 0) is 58.2 Å². The lowest BCUT2D eigenvalue weighted by Gasteiger charge is -2.27. The van der Waals surface area contributed by atoms with Crippen molar-refractivity contribution < 1.29 is 14.3 Å². The van der Waals surface area contributed by atoms with Gasteiger partial charge in [0.2, 0.25) is 5.91 Å². The minimum absolute atomic E-state index is 0.0937. The van der Waals surface area contributed by atoms with E-state index >= 15 is 0 Å². The highest BCUT2D eigenvalue weighted by Gasteiger charge is 2.21. The summed E-state index contributed by atoms with van der Waals surface area (Å²) in [6, 6.07) is 14.7. The number of benzene rings is 2. The second kappa shape index (κ2) is 12.3. The molecule has 1 heterocycles. The van der Waals surface area contributed by atoms with Crippen molar-refractivity contribution in [2.75, 3.05) is 18.4 Å². The average Bonchev–Trinajstić information content (AvgIpc) is 2.83. The van der Waals surface area contributed by atoms with Gasteiger partial charge < -0.3 is 15.0 Å². The molecule has 3 rings (SSSR count). The zero-order valence-corrected chi connectivity index (χ0v) is 21.6. The highest BCUT2D eigenvalue weighted by Crippen LogP contribution is 2.26. The second-order valence-corrected chi connectivity index (χ2v) is 9.85. The van der Waals surface area contributed by atoms with Crippen molar-refractivity contribution in [2.24, 2.45) is 0 Å². The van der Waals surface area contributed by atoms with Crippen molar-refractivity contribution in [2.45, 2.75) is 65.4 Å². The predicted molar refractivity (Wildman–Crippen MR) is 143 cm³/mol. The number of nitrogens with one attached hydrogen (secondary N) is 2. The summed E-state index contributed by atoms with van der Waals surface area (Å²) in [5, 5.41) is 11.0. The Morgan fingerprint density at radius 1 is 1.00 bits per heavy atom. The Bertz CT molecular complexity index is 1250. The minimum Gasteiger partial charge on any atom is -0.444 e. The largest absolute Gasteiger partial charge is 0.444 e. The van der Waals surface area contributed by atoms with Crippen LogP contribution >= 0.6 is 0 Å². The third-order valence-electron chi connectivity index (χ3n) is 5.63. The number of hydrogen-bond acceptors (Lipinski definition) is 5. The van der Waals surface area contributed by atoms with E-state index in [1.165, 1.54) is 0 Å². The molecule has 0 aliphatic heterocycles. The van der Waals surface area contributed by atoms with Crippen LogP contribution in [0.4, 0.5) is 10.5 Å². The zero-order chi connectivity index (χ0) is 26.1. The number of nitrogens with zero attached hydrogens (tertiary/aromatic N) is 2. The molecule has 192 valence electrons. The lowest BCUT2D eigenvalue weighted by molar-refractivity contribution is -0.116. The fourth-order valence-corrected chi connectivity index (χ4v) is 3.86. The van der Waals surface area contributed by atoms with Crippen LogP contribution in [-0.2, 0) is 9.53 Å². The number of carbonyl (C=O) groups is 2. The molecule has 0 radical (unpaired) electrons. The molecule has 0 unspecified atom stereocenters. The lowest BCUT2D eigenvalue weighted by atomic mass is 10.0. The summed E-state index contributed by atoms with van der Waals surface area (Å²) < 4.78 is 5.52. The molecule has 8 nitrogen and oxygen atoms in total. The van der Waals surface area contributed by atoms with Gasteiger partial charge in [0.15, 0.2) is 0 Å². The van der Waals surface area contributed by atoms with Crippen molar-refractivity contribution in [1.29, 1.82) is 0 Å². The molecule has 3 aromatic rings. The Kier molecular flexibility index (Phi) is 9.22. The fourth-order valence-electron chi connectivity index (χ4n) is 3.86. The summed E-state index contributed by atoms with van der Waals surface area (Å²) in [5.41, 5.74) is 1.33. The van der Waals surface area contributed by atoms with E-state index < -0.39 is 5.60 Å². The molecule has 2 amide bonds. The lowest BCUT2D eigenvalue weighted by Crippen LogP contribution is -2.38. The van der Waals surface area contributed by atoms with Gasteiger partial charge in [0.05, 0.1) is 11.1 Å². The van der Waals surface area contributed by atoms with Crippen LogP contribution in [-0.4, -0.2) is 45.8 Å². The van der Waals surface area contributed by atoms with Gasteiger partial charge in [0.1, 0.15) is 5.60 Å². The van der Waals surface area contributed by atoms with E-state index in [2.05, 4.69) is 22.4 Å². The molecule has 0 saturated heterocycles. The van der Waals surface area contributed by atoms with Gasteiger partial charge >= 0.3 is 6.09 Å². The smallest absolute Gasteiger partial charge is 0.410 e. The first kappa shape index (κ1) is 26.9. The Morgan fingerprint density at radius 2 is 1.72 bits per heavy atom. The molecule has 0 spiro atoms. The average molecular weight is 493 g/mol. The van der Waals surface area contributed by atoms with Crippen LogP contribution in [0.25, 0.3) is 22.0 Å². The van der Waals surface area contributed by atoms with Crippen molar-refractivity contribution in [3.05, 3.63) is 58.9 Å². The van der Waals surface area contributed by atoms with Crippen LogP contribution in [0.5, 0.6) is 0 Å². The quantitative estimate of drug-likeness (QED) is 0.351. The maximum atomic E-state index is 12.6. The van der Waals surface area contributed by atoms with Crippen molar-refractivity contribution in [3.8, 4) is 11.3 Å². The number of carbonyl (C=O) groups excluding carboxylic acids is 2. The van der Waals surface area contributed by atoms with Gasteiger partial charge in [-0.25, -0.2) is 9.89 Å². The first-order chi connectivity index (χ1) is 17.2. The molecule has 8 heteroatoms. The van der Waals surface area contributed by atoms with Crippen LogP contribution in [0.2, 0.25) is 0 Å². The number of hydrogen-bond donors (Lipinski definition) is 2. The van der Waals surface area contributed by atoms with Gasteiger partial charge in [0.25, 0.3) is 5.56 Å². The van der Waals surface area contributed by atoms with E-state index in [1.54, 1.807) is 11.0 Å². The molecular formula is C28H36N4O4. The maximum absolute atomic E-state index is 12.6. The Hall–Kier alpha value is -3.68. The Morgan fingerprint density at radius 3 is 2.44 bits per heavy atom. The molecule has 2 N–H and O–H groups in total. The minimum atomic E-state index is -0.535. The van der Waals surface area contributed by atoms with Crippen molar-refractivity contribution >= 4 is 28.5 Å². The SMILES string of the molecule is CCCCN(CCCCC(=O)Nc1cccc(-c2n[nH]c(=O)c3ccccc23)c1)C(=O)OC(C)(C)C. The van der Waals surface area contributed by atoms with Gasteiger partial charge in [-0.2, -0.15) is 5.10 Å². The molecule has 2 aromatic carbocycles. The standard InChI is InChI=1S/C28H36N4O4/c1-5-6-17-32(27(35)36-28(2,3)4)18-10-9-16-24(33)29-21-13-11-12-20(19-21)25-22-14-7-8-15-23(22)26(34)31-30-25/h7-8,11-15,19H,5-6,9-10,16-18H2,1-4H3,(H,29,33)(H,31,34). The van der Waals surface area contributed by atoms with E-state index in [4.69, 9.17) is 4.74 Å². The number of amides is 2. The molecule has 0 saturated carbocycles. The van der Waals surface area contributed by atoms with Crippen molar-refractivity contribution in [1.82, 2.24) is 15.1 Å². The van der Waals surface area contributed by atoms with E-state index in [9.17, 15) is 14.4 Å². The van der Waals surface area contributed by atoms with Crippen molar-refractivity contribution in [3.63, 3.8) is 0 Å². The summed E-state index contributed by atoms with van der Waals surface area (Å²) in [5.74, 6) is -0.0937. The summed E-state index contributed by atoms with van der Waals surface area (Å²) in [4.78, 5) is 38.9. The van der Waals surface area contributed by atoms with E-state index in [1.807, 2.05) is 63.2 Å². The second-order valence-electron chi connectivity index (χ2n) is 9.85. The monoisotopic (exact) mass is 492 g/mol. The number of ether oxygens (including phenoxy) is 1. The number of rotatable bonds is 10. The molecule has 0 fully saturated rings. The first-order valence-electron chi connectivity index (χ1n) is 12.5. The van der Waals surface area contributed by atoms with E-state index in [0.717, 1.165) is 23.8 Å². The summed E-state index contributed by atoms with van der Waals surface area (Å²) in [6.45, 7) is 8.87. The van der Waals surface area contributed by atoms with Crippen LogP contribution in [0.15, 0.2) is 53.3 Å². The molecule has 0 atom stereocenters. The number of H-pyrrole nitrogens is 1. The summed E-state index contributed by atoms with van der Waals surface area (Å²) in [7, 11) is 0. The molecule has 0 aliphatic rings. The predicted octanol–water partition coefficient (Wildman–Crippen LogP) is 5.74. The van der Waals surface area contributed by atoms with Crippen LogP contribution in [0, 0.1) is 0 Å². The molecule has 0 bridgehead atoms. The van der Waals surface area contributed by atoms with Crippen LogP contribution < -0.4 is 10.9 Å².